The number of piperazine rings is 1. The molecule has 0 bridgehead atoms. The van der Waals surface area contributed by atoms with Crippen LogP contribution in [0.4, 0.5) is 15.6 Å². The van der Waals surface area contributed by atoms with E-state index >= 15 is 0 Å². The molecule has 1 aromatic heterocycles. The summed E-state index contributed by atoms with van der Waals surface area (Å²) in [6, 6.07) is 15.2. The van der Waals surface area contributed by atoms with Gasteiger partial charge in [-0.2, -0.15) is 4.37 Å². The third-order valence-corrected chi connectivity index (χ3v) is 6.21. The Kier molecular flexibility index (Phi) is 6.32. The fourth-order valence-electron chi connectivity index (χ4n) is 3.10. The molecule has 0 radical (unpaired) electrons. The molecule has 9 heteroatoms. The third-order valence-electron chi connectivity index (χ3n) is 4.65. The zero-order valence-electron chi connectivity index (χ0n) is 15.5. The Balaban J connectivity index is 1.31. The lowest BCUT2D eigenvalue weighted by Gasteiger charge is -2.34. The van der Waals surface area contributed by atoms with Gasteiger partial charge in [0, 0.05) is 59.3 Å². The van der Waals surface area contributed by atoms with Crippen molar-refractivity contribution in [3.05, 3.63) is 69.4 Å². The fraction of sp³-hybridized carbons (Fsp3) is 0.250. The van der Waals surface area contributed by atoms with Gasteiger partial charge in [0.15, 0.2) is 0 Å². The second-order valence-corrected chi connectivity index (χ2v) is 8.79. The molecule has 3 aromatic rings. The number of hydrogen-bond acceptors (Lipinski definition) is 5. The van der Waals surface area contributed by atoms with Crippen molar-refractivity contribution < 1.29 is 4.79 Å². The smallest absolute Gasteiger partial charge is 0.321 e. The summed E-state index contributed by atoms with van der Waals surface area (Å²) in [4.78, 5) is 21.2. The van der Waals surface area contributed by atoms with Gasteiger partial charge in [0.25, 0.3) is 0 Å². The molecule has 2 amide bonds. The van der Waals surface area contributed by atoms with Crippen molar-refractivity contribution in [2.45, 2.75) is 6.42 Å². The van der Waals surface area contributed by atoms with E-state index in [1.165, 1.54) is 11.5 Å². The van der Waals surface area contributed by atoms with Crippen LogP contribution in [0, 0.1) is 0 Å². The van der Waals surface area contributed by atoms with Gasteiger partial charge in [0.2, 0.25) is 5.13 Å². The van der Waals surface area contributed by atoms with Crippen LogP contribution >= 0.6 is 39.1 Å². The molecule has 1 N–H and O–H groups in total. The Bertz CT molecular complexity index is 989. The van der Waals surface area contributed by atoms with E-state index in [9.17, 15) is 4.79 Å². The number of nitrogens with zero attached hydrogens (tertiary/aromatic N) is 4. The summed E-state index contributed by atoms with van der Waals surface area (Å²) in [6.07, 6.45) is 0.683. The van der Waals surface area contributed by atoms with Crippen LogP contribution in [0.15, 0.2) is 53.0 Å². The molecule has 0 saturated carbocycles. The average Bonchev–Trinajstić information content (AvgIpc) is 3.18. The lowest BCUT2D eigenvalue weighted by Crippen LogP contribution is -2.50. The number of nitrogens with one attached hydrogen (secondary N) is 1. The predicted molar refractivity (Wildman–Crippen MR) is 121 cm³/mol. The number of urea groups is 1. The van der Waals surface area contributed by atoms with Gasteiger partial charge in [-0.3, -0.25) is 0 Å². The predicted octanol–water partition coefficient (Wildman–Crippen LogP) is 4.90. The number of carbonyl (C=O) groups is 1. The molecule has 0 spiro atoms. The van der Waals surface area contributed by atoms with Crippen LogP contribution in [0.1, 0.15) is 11.4 Å². The normalized spacial score (nSPS) is 14.1. The van der Waals surface area contributed by atoms with Gasteiger partial charge in [-0.1, -0.05) is 45.7 Å². The summed E-state index contributed by atoms with van der Waals surface area (Å²) < 4.78 is 5.42. The van der Waals surface area contributed by atoms with Crippen LogP contribution in [0.25, 0.3) is 0 Å². The quantitative estimate of drug-likeness (QED) is 0.563. The Morgan fingerprint density at radius 1 is 1.14 bits per heavy atom. The number of anilines is 2. The maximum Gasteiger partial charge on any atom is 0.321 e. The lowest BCUT2D eigenvalue weighted by molar-refractivity contribution is 0.208. The van der Waals surface area contributed by atoms with Gasteiger partial charge in [-0.05, 0) is 35.9 Å². The Morgan fingerprint density at radius 3 is 2.62 bits per heavy atom. The first-order valence-electron chi connectivity index (χ1n) is 9.20. The van der Waals surface area contributed by atoms with Crippen LogP contribution in [0.3, 0.4) is 0 Å². The Labute approximate surface area is 186 Å². The Hall–Kier alpha value is -2.16. The molecule has 1 aliphatic heterocycles. The van der Waals surface area contributed by atoms with E-state index in [1.807, 2.05) is 53.4 Å². The largest absolute Gasteiger partial charge is 0.343 e. The molecule has 0 atom stereocenters. The summed E-state index contributed by atoms with van der Waals surface area (Å²) >= 11 is 10.8. The summed E-state index contributed by atoms with van der Waals surface area (Å²) in [5.74, 6) is 0.808. The maximum absolute atomic E-state index is 12.5. The maximum atomic E-state index is 12.5. The van der Waals surface area contributed by atoms with Gasteiger partial charge in [-0.25, -0.2) is 9.78 Å². The number of hydrogen-bond donors (Lipinski definition) is 1. The number of benzene rings is 2. The molecule has 2 aromatic carbocycles. The van der Waals surface area contributed by atoms with Crippen LogP contribution in [0.5, 0.6) is 0 Å². The topological polar surface area (TPSA) is 61.4 Å². The van der Waals surface area contributed by atoms with E-state index in [1.54, 1.807) is 0 Å². The van der Waals surface area contributed by atoms with Crippen LogP contribution in [0.2, 0.25) is 5.02 Å². The second kappa shape index (κ2) is 9.11. The van der Waals surface area contributed by atoms with E-state index in [0.717, 1.165) is 44.8 Å². The van der Waals surface area contributed by atoms with Gasteiger partial charge >= 0.3 is 6.03 Å². The molecule has 2 heterocycles. The first-order chi connectivity index (χ1) is 14.1. The molecule has 0 unspecified atom stereocenters. The highest BCUT2D eigenvalue weighted by molar-refractivity contribution is 9.10. The highest BCUT2D eigenvalue weighted by Gasteiger charge is 2.23. The summed E-state index contributed by atoms with van der Waals surface area (Å²) in [7, 11) is 0. The summed E-state index contributed by atoms with van der Waals surface area (Å²) in [5.41, 5.74) is 1.91. The third kappa shape index (κ3) is 5.26. The van der Waals surface area contributed by atoms with Crippen molar-refractivity contribution in [1.82, 2.24) is 14.3 Å². The van der Waals surface area contributed by atoms with Crippen molar-refractivity contribution in [3.8, 4) is 0 Å². The molecular formula is C20H19BrClN5OS. The fourth-order valence-corrected chi connectivity index (χ4v) is 4.36. The van der Waals surface area contributed by atoms with E-state index in [2.05, 4.69) is 35.5 Å². The Morgan fingerprint density at radius 2 is 1.90 bits per heavy atom. The molecule has 6 nitrogen and oxygen atoms in total. The lowest BCUT2D eigenvalue weighted by atomic mass is 10.1. The molecule has 150 valence electrons. The highest BCUT2D eigenvalue weighted by Crippen LogP contribution is 2.22. The van der Waals surface area contributed by atoms with E-state index in [-0.39, 0.29) is 6.03 Å². The van der Waals surface area contributed by atoms with Crippen LogP contribution in [-0.2, 0) is 6.42 Å². The van der Waals surface area contributed by atoms with Crippen molar-refractivity contribution in [2.75, 3.05) is 36.4 Å². The molecule has 0 aliphatic carbocycles. The molecule has 1 aliphatic rings. The number of halogens is 2. The van der Waals surface area contributed by atoms with Crippen molar-refractivity contribution in [2.24, 2.45) is 0 Å². The van der Waals surface area contributed by atoms with Gasteiger partial charge < -0.3 is 15.1 Å². The van der Waals surface area contributed by atoms with E-state index < -0.39 is 0 Å². The number of rotatable bonds is 4. The number of aromatic nitrogens is 2. The van der Waals surface area contributed by atoms with E-state index in [4.69, 9.17) is 11.6 Å². The minimum Gasteiger partial charge on any atom is -0.343 e. The molecule has 29 heavy (non-hydrogen) atoms. The van der Waals surface area contributed by atoms with Crippen molar-refractivity contribution in [3.63, 3.8) is 0 Å². The van der Waals surface area contributed by atoms with Gasteiger partial charge in [0.05, 0.1) is 0 Å². The van der Waals surface area contributed by atoms with Crippen LogP contribution < -0.4 is 10.2 Å². The SMILES string of the molecule is O=C(Nc1cccc(Br)c1)N1CCN(c2nc(Cc3ccc(Cl)cc3)ns2)CC1. The summed E-state index contributed by atoms with van der Waals surface area (Å²) in [6.45, 7) is 2.76. The molecular weight excluding hydrogens is 474 g/mol. The monoisotopic (exact) mass is 491 g/mol. The molecule has 4 rings (SSSR count). The molecule has 1 saturated heterocycles. The summed E-state index contributed by atoms with van der Waals surface area (Å²) in [5, 5.41) is 4.57. The van der Waals surface area contributed by atoms with Gasteiger partial charge in [-0.15, -0.1) is 0 Å². The second-order valence-electron chi connectivity index (χ2n) is 6.71. The highest BCUT2D eigenvalue weighted by atomic mass is 79.9. The number of amides is 2. The first kappa shape index (κ1) is 20.1. The van der Waals surface area contributed by atoms with Gasteiger partial charge in [0.1, 0.15) is 5.82 Å². The minimum atomic E-state index is -0.0801. The first-order valence-corrected chi connectivity index (χ1v) is 11.1. The number of carbonyl (C=O) groups excluding carboxylic acids is 1. The zero-order valence-corrected chi connectivity index (χ0v) is 18.7. The van der Waals surface area contributed by atoms with Crippen molar-refractivity contribution in [1.29, 1.82) is 0 Å². The van der Waals surface area contributed by atoms with E-state index in [0.29, 0.717) is 19.5 Å². The zero-order chi connectivity index (χ0) is 20.2. The standard InChI is InChI=1S/C20H19BrClN5OS/c21-15-2-1-3-17(13-15)23-19(28)26-8-10-27(11-9-26)20-24-18(25-29-20)12-14-4-6-16(22)7-5-14/h1-7,13H,8-12H2,(H,23,28). The average molecular weight is 493 g/mol. The van der Waals surface area contributed by atoms with Crippen LogP contribution in [-0.4, -0.2) is 46.5 Å². The molecule has 1 fully saturated rings. The van der Waals surface area contributed by atoms with Crippen molar-refractivity contribution >= 4 is 55.9 Å². The minimum absolute atomic E-state index is 0.0801.